The van der Waals surface area contributed by atoms with Crippen LogP contribution in [-0.2, 0) is 6.54 Å². The maximum atomic E-state index is 5.85. The first kappa shape index (κ1) is 13.1. The second-order valence-electron chi connectivity index (χ2n) is 4.11. The fourth-order valence-corrected chi connectivity index (χ4v) is 2.37. The summed E-state index contributed by atoms with van der Waals surface area (Å²) in [7, 11) is 0. The van der Waals surface area contributed by atoms with Gasteiger partial charge >= 0.3 is 0 Å². The summed E-state index contributed by atoms with van der Waals surface area (Å²) < 4.78 is 8.50. The van der Waals surface area contributed by atoms with E-state index in [2.05, 4.69) is 21.0 Å². The minimum absolute atomic E-state index is 0.00346. The van der Waals surface area contributed by atoms with E-state index in [1.54, 1.807) is 6.20 Å². The Labute approximate surface area is 115 Å². The van der Waals surface area contributed by atoms with E-state index in [1.165, 1.54) is 0 Å². The van der Waals surface area contributed by atoms with Gasteiger partial charge in [-0.3, -0.25) is 4.68 Å². The fraction of sp³-hybridized carbons (Fsp3) is 0.308. The van der Waals surface area contributed by atoms with Gasteiger partial charge in [0, 0.05) is 17.1 Å². The van der Waals surface area contributed by atoms with E-state index in [4.69, 9.17) is 10.5 Å². The van der Waals surface area contributed by atoms with Crippen LogP contribution < -0.4 is 10.5 Å². The van der Waals surface area contributed by atoms with Crippen LogP contribution in [0.4, 0.5) is 0 Å². The van der Waals surface area contributed by atoms with E-state index >= 15 is 0 Å². The third-order valence-corrected chi connectivity index (χ3v) is 3.32. The van der Waals surface area contributed by atoms with Gasteiger partial charge in [-0.15, -0.1) is 0 Å². The SMILES string of the molecule is CCn1cc(Oc2ccc(C(C)N)c(Br)c2)cn1. The number of hydrogen-bond donors (Lipinski definition) is 1. The van der Waals surface area contributed by atoms with Crippen molar-refractivity contribution in [3.05, 3.63) is 40.6 Å². The van der Waals surface area contributed by atoms with Crippen LogP contribution in [0.1, 0.15) is 25.5 Å². The van der Waals surface area contributed by atoms with Crippen LogP contribution in [-0.4, -0.2) is 9.78 Å². The largest absolute Gasteiger partial charge is 0.454 e. The second kappa shape index (κ2) is 5.54. The Morgan fingerprint density at radius 2 is 2.22 bits per heavy atom. The molecule has 4 nitrogen and oxygen atoms in total. The fourth-order valence-electron chi connectivity index (χ4n) is 1.65. The number of halogens is 1. The highest BCUT2D eigenvalue weighted by Gasteiger charge is 2.07. The predicted molar refractivity (Wildman–Crippen MR) is 74.7 cm³/mol. The molecule has 1 unspecified atom stereocenters. The Kier molecular flexibility index (Phi) is 4.04. The average molecular weight is 310 g/mol. The Morgan fingerprint density at radius 3 is 2.78 bits per heavy atom. The maximum Gasteiger partial charge on any atom is 0.165 e. The molecule has 0 aliphatic rings. The summed E-state index contributed by atoms with van der Waals surface area (Å²) in [5.41, 5.74) is 6.92. The molecule has 1 aromatic heterocycles. The molecule has 5 heteroatoms. The van der Waals surface area contributed by atoms with Crippen LogP contribution in [0, 0.1) is 0 Å². The predicted octanol–water partition coefficient (Wildman–Crippen LogP) is 3.48. The van der Waals surface area contributed by atoms with Crippen molar-refractivity contribution in [1.29, 1.82) is 0 Å². The van der Waals surface area contributed by atoms with Gasteiger partial charge in [0.15, 0.2) is 5.75 Å². The first-order valence-electron chi connectivity index (χ1n) is 5.85. The van der Waals surface area contributed by atoms with Crippen molar-refractivity contribution in [1.82, 2.24) is 9.78 Å². The molecular formula is C13H16BrN3O. The zero-order valence-electron chi connectivity index (χ0n) is 10.4. The molecule has 0 saturated heterocycles. The number of hydrogen-bond acceptors (Lipinski definition) is 3. The lowest BCUT2D eigenvalue weighted by Gasteiger charge is -2.10. The van der Waals surface area contributed by atoms with E-state index in [-0.39, 0.29) is 6.04 Å². The molecule has 0 saturated carbocycles. The van der Waals surface area contributed by atoms with Crippen LogP contribution >= 0.6 is 15.9 Å². The molecule has 0 spiro atoms. The van der Waals surface area contributed by atoms with Gasteiger partial charge in [-0.1, -0.05) is 22.0 Å². The molecule has 96 valence electrons. The highest BCUT2D eigenvalue weighted by atomic mass is 79.9. The number of nitrogens with two attached hydrogens (primary N) is 1. The molecule has 0 bridgehead atoms. The van der Waals surface area contributed by atoms with Gasteiger partial charge in [-0.05, 0) is 31.5 Å². The topological polar surface area (TPSA) is 53.1 Å². The van der Waals surface area contributed by atoms with Crippen LogP contribution in [0.25, 0.3) is 0 Å². The summed E-state index contributed by atoms with van der Waals surface area (Å²) in [6, 6.07) is 5.79. The zero-order valence-corrected chi connectivity index (χ0v) is 12.0. The molecule has 2 rings (SSSR count). The average Bonchev–Trinajstić information content (AvgIpc) is 2.76. The van der Waals surface area contributed by atoms with Crippen molar-refractivity contribution in [3.8, 4) is 11.5 Å². The van der Waals surface area contributed by atoms with E-state index < -0.39 is 0 Å². The van der Waals surface area contributed by atoms with Crippen LogP contribution in [0.2, 0.25) is 0 Å². The molecule has 0 aliphatic heterocycles. The smallest absolute Gasteiger partial charge is 0.165 e. The summed E-state index contributed by atoms with van der Waals surface area (Å²) >= 11 is 3.50. The molecule has 2 aromatic rings. The molecule has 1 aromatic carbocycles. The van der Waals surface area contributed by atoms with E-state index in [1.807, 2.05) is 42.9 Å². The second-order valence-corrected chi connectivity index (χ2v) is 4.96. The van der Waals surface area contributed by atoms with Crippen LogP contribution in [0.15, 0.2) is 35.1 Å². The van der Waals surface area contributed by atoms with Crippen molar-refractivity contribution in [2.24, 2.45) is 5.73 Å². The minimum atomic E-state index is -0.00346. The summed E-state index contributed by atoms with van der Waals surface area (Å²) in [4.78, 5) is 0. The highest BCUT2D eigenvalue weighted by molar-refractivity contribution is 9.10. The van der Waals surface area contributed by atoms with Crippen LogP contribution in [0.3, 0.4) is 0 Å². The normalized spacial score (nSPS) is 12.4. The van der Waals surface area contributed by atoms with E-state index in [0.29, 0.717) is 0 Å². The molecule has 1 atom stereocenters. The number of ether oxygens (including phenoxy) is 1. The maximum absolute atomic E-state index is 5.85. The quantitative estimate of drug-likeness (QED) is 0.940. The van der Waals surface area contributed by atoms with Gasteiger partial charge < -0.3 is 10.5 Å². The van der Waals surface area contributed by atoms with Crippen molar-refractivity contribution >= 4 is 15.9 Å². The molecule has 0 amide bonds. The Morgan fingerprint density at radius 1 is 1.44 bits per heavy atom. The summed E-state index contributed by atoms with van der Waals surface area (Å²) in [6.45, 7) is 4.81. The lowest BCUT2D eigenvalue weighted by molar-refractivity contribution is 0.480. The van der Waals surface area contributed by atoms with Gasteiger partial charge in [0.2, 0.25) is 0 Å². The molecular weight excluding hydrogens is 294 g/mol. The highest BCUT2D eigenvalue weighted by Crippen LogP contribution is 2.29. The van der Waals surface area contributed by atoms with E-state index in [9.17, 15) is 0 Å². The lowest BCUT2D eigenvalue weighted by Crippen LogP contribution is -2.05. The standard InChI is InChI=1S/C13H16BrN3O/c1-3-17-8-11(7-16-17)18-10-4-5-12(9(2)15)13(14)6-10/h4-9H,3,15H2,1-2H3. The van der Waals surface area contributed by atoms with Crippen molar-refractivity contribution in [3.63, 3.8) is 0 Å². The summed E-state index contributed by atoms with van der Waals surface area (Å²) in [5, 5.41) is 4.16. The van der Waals surface area contributed by atoms with Crippen LogP contribution in [0.5, 0.6) is 11.5 Å². The Hall–Kier alpha value is -1.33. The minimum Gasteiger partial charge on any atom is -0.454 e. The number of aryl methyl sites for hydroxylation is 1. The molecule has 1 heterocycles. The van der Waals surface area contributed by atoms with Gasteiger partial charge in [0.05, 0.1) is 12.4 Å². The monoisotopic (exact) mass is 309 g/mol. The number of aromatic nitrogens is 2. The zero-order chi connectivity index (χ0) is 13.1. The number of rotatable bonds is 4. The van der Waals surface area contributed by atoms with Gasteiger partial charge in [0.1, 0.15) is 5.75 Å². The van der Waals surface area contributed by atoms with E-state index in [0.717, 1.165) is 28.1 Å². The summed E-state index contributed by atoms with van der Waals surface area (Å²) in [6.07, 6.45) is 3.57. The summed E-state index contributed by atoms with van der Waals surface area (Å²) in [5.74, 6) is 1.50. The van der Waals surface area contributed by atoms with Gasteiger partial charge in [-0.25, -0.2) is 0 Å². The molecule has 2 N–H and O–H groups in total. The first-order valence-corrected chi connectivity index (χ1v) is 6.64. The van der Waals surface area contributed by atoms with Crippen molar-refractivity contribution < 1.29 is 4.74 Å². The molecule has 0 radical (unpaired) electrons. The lowest BCUT2D eigenvalue weighted by atomic mass is 10.1. The van der Waals surface area contributed by atoms with Gasteiger partial charge in [-0.2, -0.15) is 5.10 Å². The Balaban J connectivity index is 2.17. The number of benzene rings is 1. The third kappa shape index (κ3) is 2.91. The van der Waals surface area contributed by atoms with Crippen molar-refractivity contribution in [2.45, 2.75) is 26.4 Å². The Bertz CT molecular complexity index is 537. The number of nitrogens with zero attached hydrogens (tertiary/aromatic N) is 2. The van der Waals surface area contributed by atoms with Crippen molar-refractivity contribution in [2.75, 3.05) is 0 Å². The third-order valence-electron chi connectivity index (χ3n) is 2.63. The van der Waals surface area contributed by atoms with Gasteiger partial charge in [0.25, 0.3) is 0 Å². The molecule has 18 heavy (non-hydrogen) atoms. The molecule has 0 fully saturated rings. The molecule has 0 aliphatic carbocycles. The first-order chi connectivity index (χ1) is 8.60.